The van der Waals surface area contributed by atoms with E-state index in [1.165, 1.54) is 5.69 Å². The fourth-order valence-electron chi connectivity index (χ4n) is 2.11. The quantitative estimate of drug-likeness (QED) is 0.894. The van der Waals surface area contributed by atoms with E-state index in [4.69, 9.17) is 10.5 Å². The molecule has 0 unspecified atom stereocenters. The van der Waals surface area contributed by atoms with Crippen molar-refractivity contribution < 1.29 is 4.74 Å². The molecule has 0 aromatic heterocycles. The summed E-state index contributed by atoms with van der Waals surface area (Å²) in [4.78, 5) is 2.19. The molecule has 0 spiro atoms. The molecule has 2 aromatic carbocycles. The van der Waals surface area contributed by atoms with Crippen LogP contribution >= 0.6 is 0 Å². The van der Waals surface area contributed by atoms with Crippen molar-refractivity contribution in [2.24, 2.45) is 5.73 Å². The van der Waals surface area contributed by atoms with Crippen LogP contribution in [-0.4, -0.2) is 14.2 Å². The molecule has 0 saturated carbocycles. The third-order valence-electron chi connectivity index (χ3n) is 3.18. The second-order valence-electron chi connectivity index (χ2n) is 4.54. The molecule has 0 aliphatic heterocycles. The minimum absolute atomic E-state index is 0.548. The molecule has 3 heteroatoms. The molecule has 2 N–H and O–H groups in total. The molecule has 3 nitrogen and oxygen atoms in total. The first-order chi connectivity index (χ1) is 9.24. The summed E-state index contributed by atoms with van der Waals surface area (Å²) in [5.41, 5.74) is 9.15. The molecule has 0 aliphatic carbocycles. The normalized spacial score (nSPS) is 10.3. The van der Waals surface area contributed by atoms with Gasteiger partial charge in [-0.3, -0.25) is 0 Å². The van der Waals surface area contributed by atoms with Gasteiger partial charge in [-0.1, -0.05) is 24.3 Å². The van der Waals surface area contributed by atoms with E-state index in [0.717, 1.165) is 23.4 Å². The molecular weight excluding hydrogens is 236 g/mol. The van der Waals surface area contributed by atoms with Crippen molar-refractivity contribution in [1.82, 2.24) is 0 Å². The molecule has 19 heavy (non-hydrogen) atoms. The van der Waals surface area contributed by atoms with Gasteiger partial charge in [0, 0.05) is 31.4 Å². The maximum Gasteiger partial charge on any atom is 0.123 e. The Kier molecular flexibility index (Phi) is 4.42. The number of rotatable bonds is 5. The van der Waals surface area contributed by atoms with Gasteiger partial charge in [0.1, 0.15) is 5.75 Å². The summed E-state index contributed by atoms with van der Waals surface area (Å²) < 4.78 is 5.41. The van der Waals surface area contributed by atoms with E-state index in [0.29, 0.717) is 6.54 Å². The Hall–Kier alpha value is -2.00. The van der Waals surface area contributed by atoms with Crippen molar-refractivity contribution in [3.05, 3.63) is 59.7 Å². The minimum atomic E-state index is 0.548. The van der Waals surface area contributed by atoms with Gasteiger partial charge >= 0.3 is 0 Å². The summed E-state index contributed by atoms with van der Waals surface area (Å²) in [7, 11) is 3.77. The predicted octanol–water partition coefficient (Wildman–Crippen LogP) is 2.79. The van der Waals surface area contributed by atoms with Crippen molar-refractivity contribution in [2.45, 2.75) is 13.1 Å². The van der Waals surface area contributed by atoms with Gasteiger partial charge < -0.3 is 15.4 Å². The van der Waals surface area contributed by atoms with Crippen LogP contribution in [0, 0.1) is 0 Å². The van der Waals surface area contributed by atoms with Crippen LogP contribution in [-0.2, 0) is 13.1 Å². The minimum Gasteiger partial charge on any atom is -0.496 e. The van der Waals surface area contributed by atoms with Crippen LogP contribution in [0.25, 0.3) is 0 Å². The lowest BCUT2D eigenvalue weighted by Crippen LogP contribution is -2.17. The molecule has 0 amide bonds. The van der Waals surface area contributed by atoms with Crippen LogP contribution in [0.15, 0.2) is 48.5 Å². The maximum atomic E-state index is 5.70. The van der Waals surface area contributed by atoms with Gasteiger partial charge in [-0.15, -0.1) is 0 Å². The Morgan fingerprint density at radius 2 is 1.84 bits per heavy atom. The zero-order valence-corrected chi connectivity index (χ0v) is 11.5. The Balaban J connectivity index is 2.22. The van der Waals surface area contributed by atoms with E-state index in [2.05, 4.69) is 30.1 Å². The number of nitrogens with zero attached hydrogens (tertiary/aromatic N) is 1. The largest absolute Gasteiger partial charge is 0.496 e. The number of methoxy groups -OCH3 is 1. The number of hydrogen-bond donors (Lipinski definition) is 1. The molecule has 0 heterocycles. The van der Waals surface area contributed by atoms with E-state index in [1.807, 2.05) is 30.3 Å². The number of benzene rings is 2. The summed E-state index contributed by atoms with van der Waals surface area (Å²) >= 11 is 0. The first kappa shape index (κ1) is 13.4. The predicted molar refractivity (Wildman–Crippen MR) is 79.4 cm³/mol. The fraction of sp³-hybridized carbons (Fsp3) is 0.250. The number of anilines is 1. The van der Waals surface area contributed by atoms with Crippen molar-refractivity contribution in [1.29, 1.82) is 0 Å². The first-order valence-corrected chi connectivity index (χ1v) is 6.36. The molecule has 2 rings (SSSR count). The zero-order chi connectivity index (χ0) is 13.7. The van der Waals surface area contributed by atoms with Crippen molar-refractivity contribution >= 4 is 5.69 Å². The van der Waals surface area contributed by atoms with Crippen LogP contribution < -0.4 is 15.4 Å². The lowest BCUT2D eigenvalue weighted by molar-refractivity contribution is 0.409. The summed E-state index contributed by atoms with van der Waals surface area (Å²) in [6.07, 6.45) is 0. The van der Waals surface area contributed by atoms with E-state index >= 15 is 0 Å². The molecule has 0 radical (unpaired) electrons. The summed E-state index contributed by atoms with van der Waals surface area (Å²) in [5, 5.41) is 0. The maximum absolute atomic E-state index is 5.70. The Morgan fingerprint density at radius 3 is 2.47 bits per heavy atom. The highest BCUT2D eigenvalue weighted by atomic mass is 16.5. The summed E-state index contributed by atoms with van der Waals surface area (Å²) in [6, 6.07) is 16.4. The van der Waals surface area contributed by atoms with Gasteiger partial charge in [-0.25, -0.2) is 0 Å². The van der Waals surface area contributed by atoms with Gasteiger partial charge in [-0.2, -0.15) is 0 Å². The third-order valence-corrected chi connectivity index (χ3v) is 3.18. The monoisotopic (exact) mass is 256 g/mol. The molecule has 0 bridgehead atoms. The Labute approximate surface area is 114 Å². The topological polar surface area (TPSA) is 38.5 Å². The van der Waals surface area contributed by atoms with Gasteiger partial charge in [0.05, 0.1) is 7.11 Å². The highest BCUT2D eigenvalue weighted by Crippen LogP contribution is 2.23. The Bertz CT molecular complexity index is 526. The van der Waals surface area contributed by atoms with Crippen molar-refractivity contribution in [3.63, 3.8) is 0 Å². The number of nitrogens with two attached hydrogens (primary N) is 1. The molecule has 100 valence electrons. The Morgan fingerprint density at radius 1 is 1.11 bits per heavy atom. The fourth-order valence-corrected chi connectivity index (χ4v) is 2.11. The van der Waals surface area contributed by atoms with Gasteiger partial charge in [0.2, 0.25) is 0 Å². The molecule has 0 atom stereocenters. The first-order valence-electron chi connectivity index (χ1n) is 6.36. The second kappa shape index (κ2) is 6.25. The summed E-state index contributed by atoms with van der Waals surface area (Å²) in [6.45, 7) is 1.34. The molecular formula is C16H20N2O. The highest BCUT2D eigenvalue weighted by molar-refractivity contribution is 5.48. The standard InChI is InChI=1S/C16H20N2O/c1-18(15-6-4-3-5-7-15)12-14-10-13(11-17)8-9-16(14)19-2/h3-10H,11-12,17H2,1-2H3. The van der Waals surface area contributed by atoms with Gasteiger partial charge in [-0.05, 0) is 29.8 Å². The average Bonchev–Trinajstić information content (AvgIpc) is 2.48. The van der Waals surface area contributed by atoms with Crippen LogP contribution in [0.1, 0.15) is 11.1 Å². The van der Waals surface area contributed by atoms with E-state index in [1.54, 1.807) is 7.11 Å². The molecule has 0 saturated heterocycles. The second-order valence-corrected chi connectivity index (χ2v) is 4.54. The van der Waals surface area contributed by atoms with Crippen molar-refractivity contribution in [2.75, 3.05) is 19.1 Å². The zero-order valence-electron chi connectivity index (χ0n) is 11.5. The smallest absolute Gasteiger partial charge is 0.123 e. The number of hydrogen-bond acceptors (Lipinski definition) is 3. The SMILES string of the molecule is COc1ccc(CN)cc1CN(C)c1ccccc1. The lowest BCUT2D eigenvalue weighted by Gasteiger charge is -2.21. The van der Waals surface area contributed by atoms with E-state index < -0.39 is 0 Å². The van der Waals surface area contributed by atoms with E-state index in [9.17, 15) is 0 Å². The van der Waals surface area contributed by atoms with Gasteiger partial charge in [0.15, 0.2) is 0 Å². The lowest BCUT2D eigenvalue weighted by atomic mass is 10.1. The van der Waals surface area contributed by atoms with Crippen LogP contribution in [0.3, 0.4) is 0 Å². The van der Waals surface area contributed by atoms with Crippen LogP contribution in [0.2, 0.25) is 0 Å². The molecule has 0 aliphatic rings. The number of ether oxygens (including phenoxy) is 1. The third kappa shape index (κ3) is 3.26. The van der Waals surface area contributed by atoms with E-state index in [-0.39, 0.29) is 0 Å². The number of para-hydroxylation sites is 1. The summed E-state index contributed by atoms with van der Waals surface area (Å²) in [5.74, 6) is 0.903. The molecule has 2 aromatic rings. The molecule has 0 fully saturated rings. The van der Waals surface area contributed by atoms with Gasteiger partial charge in [0.25, 0.3) is 0 Å². The highest BCUT2D eigenvalue weighted by Gasteiger charge is 2.08. The average molecular weight is 256 g/mol. The van der Waals surface area contributed by atoms with Crippen LogP contribution in [0.5, 0.6) is 5.75 Å². The van der Waals surface area contributed by atoms with Crippen molar-refractivity contribution in [3.8, 4) is 5.75 Å². The van der Waals surface area contributed by atoms with Crippen LogP contribution in [0.4, 0.5) is 5.69 Å².